The van der Waals surface area contributed by atoms with Crippen molar-refractivity contribution in [3.05, 3.63) is 59.4 Å². The fourth-order valence-corrected chi connectivity index (χ4v) is 2.06. The van der Waals surface area contributed by atoms with E-state index >= 15 is 0 Å². The zero-order chi connectivity index (χ0) is 13.9. The molecule has 0 bridgehead atoms. The van der Waals surface area contributed by atoms with E-state index in [9.17, 15) is 4.79 Å². The topological polar surface area (TPSA) is 51.2 Å². The minimum atomic E-state index is -0.145. The molecule has 1 amide bonds. The average Bonchev–Trinajstić information content (AvgIpc) is 2.49. The summed E-state index contributed by atoms with van der Waals surface area (Å²) < 4.78 is 5.58. The van der Waals surface area contributed by atoms with Gasteiger partial charge in [0.1, 0.15) is 12.4 Å². The van der Waals surface area contributed by atoms with Crippen molar-refractivity contribution in [3.8, 4) is 5.75 Å². The number of carbonyl (C=O) groups is 1. The van der Waals surface area contributed by atoms with Crippen LogP contribution in [0.5, 0.6) is 5.75 Å². The van der Waals surface area contributed by atoms with Crippen LogP contribution in [0.1, 0.15) is 11.1 Å². The summed E-state index contributed by atoms with van der Waals surface area (Å²) in [5.41, 5.74) is 3.23. The lowest BCUT2D eigenvalue weighted by atomic mass is 10.1. The van der Waals surface area contributed by atoms with Crippen molar-refractivity contribution in [1.29, 1.82) is 0 Å². The maximum Gasteiger partial charge on any atom is 0.255 e. The molecule has 1 aromatic carbocycles. The van der Waals surface area contributed by atoms with Crippen LogP contribution >= 0.6 is 0 Å². The number of aromatic nitrogens is 1. The van der Waals surface area contributed by atoms with Gasteiger partial charge >= 0.3 is 0 Å². The van der Waals surface area contributed by atoms with Crippen LogP contribution in [0.25, 0.3) is 6.08 Å². The number of fused-ring (bicyclic) bond motifs is 1. The first kappa shape index (κ1) is 12.4. The third-order valence-corrected chi connectivity index (χ3v) is 3.19. The van der Waals surface area contributed by atoms with Crippen LogP contribution < -0.4 is 10.1 Å². The van der Waals surface area contributed by atoms with Gasteiger partial charge < -0.3 is 10.1 Å². The highest BCUT2D eigenvalue weighted by molar-refractivity contribution is 6.07. The van der Waals surface area contributed by atoms with Gasteiger partial charge in [0.05, 0.1) is 5.57 Å². The second kappa shape index (κ2) is 5.17. The Balaban J connectivity index is 1.83. The van der Waals surface area contributed by atoms with Crippen LogP contribution in [0.15, 0.2) is 48.3 Å². The molecule has 3 rings (SSSR count). The number of aryl methyl sites for hydroxylation is 1. The molecule has 1 aliphatic rings. The molecule has 0 aliphatic carbocycles. The van der Waals surface area contributed by atoms with Crippen LogP contribution in [0.4, 0.5) is 5.69 Å². The zero-order valence-corrected chi connectivity index (χ0v) is 11.1. The predicted octanol–water partition coefficient (Wildman–Crippen LogP) is 2.80. The summed E-state index contributed by atoms with van der Waals surface area (Å²) in [5, 5.41) is 2.88. The highest BCUT2D eigenvalue weighted by Gasteiger charge is 2.17. The van der Waals surface area contributed by atoms with Gasteiger partial charge in [-0.1, -0.05) is 18.2 Å². The van der Waals surface area contributed by atoms with E-state index in [0.717, 1.165) is 22.6 Å². The lowest BCUT2D eigenvalue weighted by molar-refractivity contribution is -0.113. The highest BCUT2D eigenvalue weighted by atomic mass is 16.5. The van der Waals surface area contributed by atoms with Crippen LogP contribution in [0, 0.1) is 6.92 Å². The van der Waals surface area contributed by atoms with Crippen LogP contribution in [-0.2, 0) is 4.79 Å². The second-order valence-electron chi connectivity index (χ2n) is 4.64. The Morgan fingerprint density at radius 3 is 3.00 bits per heavy atom. The molecular formula is C16H14N2O2. The minimum Gasteiger partial charge on any atom is -0.488 e. The van der Waals surface area contributed by atoms with E-state index < -0.39 is 0 Å². The van der Waals surface area contributed by atoms with E-state index in [1.54, 1.807) is 18.5 Å². The molecule has 1 aliphatic heterocycles. The van der Waals surface area contributed by atoms with Crippen LogP contribution in [0.3, 0.4) is 0 Å². The smallest absolute Gasteiger partial charge is 0.255 e. The summed E-state index contributed by atoms with van der Waals surface area (Å²) in [6, 6.07) is 9.45. The molecule has 0 atom stereocenters. The Hall–Kier alpha value is -2.62. The first-order valence-corrected chi connectivity index (χ1v) is 6.38. The number of rotatable bonds is 2. The molecular weight excluding hydrogens is 252 g/mol. The van der Waals surface area contributed by atoms with Gasteiger partial charge in [0.2, 0.25) is 0 Å². The molecule has 0 fully saturated rings. The van der Waals surface area contributed by atoms with E-state index in [-0.39, 0.29) is 12.5 Å². The fourth-order valence-electron chi connectivity index (χ4n) is 2.06. The SMILES string of the molecule is Cc1cnccc1NC(=O)C1=Cc2ccccc2OC1. The molecule has 0 saturated carbocycles. The van der Waals surface area contributed by atoms with E-state index in [1.807, 2.05) is 37.3 Å². The Morgan fingerprint density at radius 1 is 1.30 bits per heavy atom. The number of ether oxygens (including phenoxy) is 1. The highest BCUT2D eigenvalue weighted by Crippen LogP contribution is 2.26. The molecule has 20 heavy (non-hydrogen) atoms. The number of carbonyl (C=O) groups excluding carboxylic acids is 1. The summed E-state index contributed by atoms with van der Waals surface area (Å²) in [4.78, 5) is 16.3. The van der Waals surface area contributed by atoms with Crippen LogP contribution in [0.2, 0.25) is 0 Å². The number of anilines is 1. The lowest BCUT2D eigenvalue weighted by Crippen LogP contribution is -2.21. The number of amides is 1. The largest absolute Gasteiger partial charge is 0.488 e. The van der Waals surface area contributed by atoms with Gasteiger partial charge in [-0.25, -0.2) is 0 Å². The predicted molar refractivity (Wildman–Crippen MR) is 77.5 cm³/mol. The number of pyridine rings is 1. The van der Waals surface area contributed by atoms with Gasteiger partial charge in [0, 0.05) is 23.6 Å². The van der Waals surface area contributed by atoms with E-state index in [1.165, 1.54) is 0 Å². The summed E-state index contributed by atoms with van der Waals surface area (Å²) in [5.74, 6) is 0.665. The van der Waals surface area contributed by atoms with Crippen molar-refractivity contribution in [2.45, 2.75) is 6.92 Å². The maximum atomic E-state index is 12.2. The summed E-state index contributed by atoms with van der Waals surface area (Å²) in [7, 11) is 0. The average molecular weight is 266 g/mol. The Morgan fingerprint density at radius 2 is 2.15 bits per heavy atom. The van der Waals surface area contributed by atoms with Crippen molar-refractivity contribution in [1.82, 2.24) is 4.98 Å². The number of hydrogen-bond acceptors (Lipinski definition) is 3. The van der Waals surface area contributed by atoms with Crippen molar-refractivity contribution in [2.75, 3.05) is 11.9 Å². The summed E-state index contributed by atoms with van der Waals surface area (Å²) in [6.07, 6.45) is 5.24. The molecule has 0 radical (unpaired) electrons. The van der Waals surface area contributed by atoms with Crippen LogP contribution in [-0.4, -0.2) is 17.5 Å². The number of nitrogens with one attached hydrogen (secondary N) is 1. The number of nitrogens with zero attached hydrogens (tertiary/aromatic N) is 1. The minimum absolute atomic E-state index is 0.145. The molecule has 0 unspecified atom stereocenters. The van der Waals surface area contributed by atoms with Crippen molar-refractivity contribution < 1.29 is 9.53 Å². The maximum absolute atomic E-state index is 12.2. The fraction of sp³-hybridized carbons (Fsp3) is 0.125. The third kappa shape index (κ3) is 2.40. The lowest BCUT2D eigenvalue weighted by Gasteiger charge is -2.17. The normalized spacial score (nSPS) is 12.9. The Kier molecular flexibility index (Phi) is 3.21. The van der Waals surface area contributed by atoms with Gasteiger partial charge in [-0.05, 0) is 30.7 Å². The molecule has 1 aromatic heterocycles. The van der Waals surface area contributed by atoms with Crippen molar-refractivity contribution in [3.63, 3.8) is 0 Å². The standard InChI is InChI=1S/C16H14N2O2/c1-11-9-17-7-6-14(11)18-16(19)13-8-12-4-2-3-5-15(12)20-10-13/h2-9H,10H2,1H3,(H,17,18,19). The number of para-hydroxylation sites is 1. The molecule has 2 aromatic rings. The van der Waals surface area contributed by atoms with Gasteiger partial charge in [-0.2, -0.15) is 0 Å². The quantitative estimate of drug-likeness (QED) is 0.909. The van der Waals surface area contributed by atoms with E-state index in [2.05, 4.69) is 10.3 Å². The molecule has 4 heteroatoms. The molecule has 0 saturated heterocycles. The molecule has 1 N–H and O–H groups in total. The van der Waals surface area contributed by atoms with Gasteiger partial charge in [0.15, 0.2) is 0 Å². The monoisotopic (exact) mass is 266 g/mol. The first-order chi connectivity index (χ1) is 9.74. The first-order valence-electron chi connectivity index (χ1n) is 6.38. The van der Waals surface area contributed by atoms with Crippen molar-refractivity contribution in [2.24, 2.45) is 0 Å². The van der Waals surface area contributed by atoms with Gasteiger partial charge in [-0.15, -0.1) is 0 Å². The third-order valence-electron chi connectivity index (χ3n) is 3.19. The summed E-state index contributed by atoms with van der Waals surface area (Å²) >= 11 is 0. The van der Waals surface area contributed by atoms with E-state index in [4.69, 9.17) is 4.74 Å². The Bertz CT molecular complexity index is 692. The molecule has 4 nitrogen and oxygen atoms in total. The van der Waals surface area contributed by atoms with E-state index in [0.29, 0.717) is 5.57 Å². The molecule has 100 valence electrons. The number of hydrogen-bond donors (Lipinski definition) is 1. The Labute approximate surface area is 117 Å². The van der Waals surface area contributed by atoms with Gasteiger partial charge in [0.25, 0.3) is 5.91 Å². The summed E-state index contributed by atoms with van der Waals surface area (Å²) in [6.45, 7) is 2.19. The number of benzene rings is 1. The van der Waals surface area contributed by atoms with Crippen molar-refractivity contribution >= 4 is 17.7 Å². The second-order valence-corrected chi connectivity index (χ2v) is 4.64. The molecule has 0 spiro atoms. The molecule has 2 heterocycles. The zero-order valence-electron chi connectivity index (χ0n) is 11.1. The van der Waals surface area contributed by atoms with Gasteiger partial charge in [-0.3, -0.25) is 9.78 Å².